The van der Waals surface area contributed by atoms with Crippen molar-refractivity contribution in [3.05, 3.63) is 381 Å². The van der Waals surface area contributed by atoms with E-state index in [1.165, 1.54) is 109 Å². The zero-order chi connectivity index (χ0) is 67.6. The van der Waals surface area contributed by atoms with Gasteiger partial charge < -0.3 is 14.7 Å². The van der Waals surface area contributed by atoms with Crippen molar-refractivity contribution in [1.29, 1.82) is 0 Å². The average Bonchev–Trinajstić information content (AvgIpc) is 1.39. The van der Waals surface area contributed by atoms with E-state index in [1.54, 1.807) is 0 Å². The molecule has 478 valence electrons. The Morgan fingerprint density at radius 1 is 0.176 bits per heavy atom. The molecular formula is C99H67N3. The lowest BCUT2D eigenvalue weighted by Gasteiger charge is -2.34. The second-order valence-electron chi connectivity index (χ2n) is 28.1. The molecule has 0 heterocycles. The van der Waals surface area contributed by atoms with E-state index in [0.29, 0.717) is 0 Å². The summed E-state index contributed by atoms with van der Waals surface area (Å²) in [4.78, 5) is 7.59. The SMILES string of the molecule is CC1(C)c2cc(N(c3ccc4ccccc4c3)c3ccc4cc5ccccc5cc4c3)ccc2-c2cc3c(N(c4ccc(-c5ccccc5)cc4)c4ccc5cc6ccccc6cc5c4)c4ccccc4c(N(c4ccc(-c5ccccc5)cc4)c4ccc5cc6ccccc6cc5c4)c3cc21. The second kappa shape index (κ2) is 23.6. The van der Waals surface area contributed by atoms with E-state index in [1.807, 2.05) is 0 Å². The first kappa shape index (κ1) is 59.0. The van der Waals surface area contributed by atoms with Crippen LogP contribution in [0.5, 0.6) is 0 Å². The predicted molar refractivity (Wildman–Crippen MR) is 436 cm³/mol. The van der Waals surface area contributed by atoms with Gasteiger partial charge in [-0.15, -0.1) is 0 Å². The Morgan fingerprint density at radius 3 is 0.892 bits per heavy atom. The van der Waals surface area contributed by atoms with E-state index < -0.39 is 5.41 Å². The zero-order valence-electron chi connectivity index (χ0n) is 56.6. The maximum absolute atomic E-state index is 2.59. The van der Waals surface area contributed by atoms with Crippen LogP contribution in [0.25, 0.3) is 130 Å². The van der Waals surface area contributed by atoms with Crippen molar-refractivity contribution in [2.45, 2.75) is 19.3 Å². The summed E-state index contributed by atoms with van der Waals surface area (Å²) >= 11 is 0. The van der Waals surface area contributed by atoms with Crippen molar-refractivity contribution in [1.82, 2.24) is 0 Å². The van der Waals surface area contributed by atoms with E-state index >= 15 is 0 Å². The molecule has 0 fully saturated rings. The zero-order valence-corrected chi connectivity index (χ0v) is 56.6. The summed E-state index contributed by atoms with van der Waals surface area (Å²) in [5, 5.41) is 21.5. The van der Waals surface area contributed by atoms with Crippen LogP contribution in [0.1, 0.15) is 25.0 Å². The standard InChI is InChI=1S/C99H67N3/c1-99(2)95-61-88(100(84-45-37-66-23-9-10-30-75(66)57-84)85-46-38-76-51-69-24-11-14-27-72(69)54-79(76)58-85)49-50-89(95)92-62-93-94(63-96(92)99)98(102(83-43-35-68(36-44-83)65-21-7-4-8-22-65)87-48-40-78-53-71-26-13-16-29-74(71)56-81(78)60-87)91-32-18-17-31-90(91)97(93)101(82-41-33-67(34-42-82)64-19-5-3-6-20-64)86-47-39-77-52-70-25-12-15-28-73(70)55-80(77)59-86/h3-63H,1-2H3. The van der Waals surface area contributed by atoms with E-state index in [2.05, 4.69) is 399 Å². The molecule has 0 unspecified atom stereocenters. The number of rotatable bonds is 11. The number of anilines is 9. The third-order valence-electron chi connectivity index (χ3n) is 21.7. The summed E-state index contributed by atoms with van der Waals surface area (Å²) in [6.45, 7) is 4.90. The summed E-state index contributed by atoms with van der Waals surface area (Å²) in [6, 6.07) is 139. The highest BCUT2D eigenvalue weighted by Gasteiger charge is 2.38. The van der Waals surface area contributed by atoms with Crippen LogP contribution < -0.4 is 14.7 Å². The van der Waals surface area contributed by atoms with Gasteiger partial charge in [-0.25, -0.2) is 0 Å². The summed E-state index contributed by atoms with van der Waals surface area (Å²) in [5.74, 6) is 0. The van der Waals surface area contributed by atoms with Crippen LogP contribution >= 0.6 is 0 Å². The first-order chi connectivity index (χ1) is 50.3. The van der Waals surface area contributed by atoms with Gasteiger partial charge >= 0.3 is 0 Å². The van der Waals surface area contributed by atoms with Gasteiger partial charge in [0.15, 0.2) is 0 Å². The Morgan fingerprint density at radius 2 is 0.461 bits per heavy atom. The topological polar surface area (TPSA) is 9.72 Å². The summed E-state index contributed by atoms with van der Waals surface area (Å²) in [5.41, 5.74) is 19.0. The van der Waals surface area contributed by atoms with Crippen molar-refractivity contribution >= 4 is 148 Å². The molecule has 19 aromatic carbocycles. The number of hydrogen-bond acceptors (Lipinski definition) is 3. The lowest BCUT2D eigenvalue weighted by molar-refractivity contribution is 0.661. The quantitative estimate of drug-likeness (QED) is 0.0944. The summed E-state index contributed by atoms with van der Waals surface area (Å²) in [6.07, 6.45) is 0. The Hall–Kier alpha value is -13.1. The van der Waals surface area contributed by atoms with Gasteiger partial charge in [-0.1, -0.05) is 250 Å². The van der Waals surface area contributed by atoms with Gasteiger partial charge in [-0.3, -0.25) is 0 Å². The molecule has 102 heavy (non-hydrogen) atoms. The third kappa shape index (κ3) is 9.87. The van der Waals surface area contributed by atoms with Crippen molar-refractivity contribution in [3.8, 4) is 33.4 Å². The lowest BCUT2D eigenvalue weighted by Crippen LogP contribution is -2.17. The molecule has 20 rings (SSSR count). The number of fused-ring (bicyclic) bond motifs is 12. The Balaban J connectivity index is 0.863. The minimum atomic E-state index is -0.463. The fraction of sp³-hybridized carbons (Fsp3) is 0.0303. The average molecular weight is 1300 g/mol. The minimum Gasteiger partial charge on any atom is -0.310 e. The van der Waals surface area contributed by atoms with Gasteiger partial charge in [0.1, 0.15) is 0 Å². The molecule has 0 atom stereocenters. The molecule has 0 amide bonds. The molecular weight excluding hydrogens is 1230 g/mol. The molecule has 3 heteroatoms. The highest BCUT2D eigenvalue weighted by atomic mass is 15.2. The highest BCUT2D eigenvalue weighted by Crippen LogP contribution is 2.58. The fourth-order valence-electron chi connectivity index (χ4n) is 16.6. The molecule has 0 bridgehead atoms. The van der Waals surface area contributed by atoms with Crippen molar-refractivity contribution in [3.63, 3.8) is 0 Å². The number of nitrogens with zero attached hydrogens (tertiary/aromatic N) is 3. The van der Waals surface area contributed by atoms with E-state index in [0.717, 1.165) is 83.9 Å². The van der Waals surface area contributed by atoms with Crippen molar-refractivity contribution < 1.29 is 0 Å². The monoisotopic (exact) mass is 1300 g/mol. The molecule has 0 aliphatic heterocycles. The fourth-order valence-corrected chi connectivity index (χ4v) is 16.6. The van der Waals surface area contributed by atoms with Crippen LogP contribution in [-0.4, -0.2) is 0 Å². The van der Waals surface area contributed by atoms with Crippen LogP contribution in [0.15, 0.2) is 370 Å². The maximum Gasteiger partial charge on any atom is 0.0620 e. The third-order valence-corrected chi connectivity index (χ3v) is 21.7. The smallest absolute Gasteiger partial charge is 0.0620 e. The maximum atomic E-state index is 2.59. The Labute approximate surface area is 592 Å². The van der Waals surface area contributed by atoms with Crippen LogP contribution in [-0.2, 0) is 5.41 Å². The van der Waals surface area contributed by atoms with Gasteiger partial charge in [0, 0.05) is 66.8 Å². The van der Waals surface area contributed by atoms with Crippen LogP contribution in [0.4, 0.5) is 51.2 Å². The van der Waals surface area contributed by atoms with Gasteiger partial charge in [-0.2, -0.15) is 0 Å². The first-order valence-electron chi connectivity index (χ1n) is 35.4. The Bertz CT molecular complexity index is 6590. The number of benzene rings is 19. The van der Waals surface area contributed by atoms with E-state index in [4.69, 9.17) is 0 Å². The minimum absolute atomic E-state index is 0.463. The highest BCUT2D eigenvalue weighted by molar-refractivity contribution is 6.25. The van der Waals surface area contributed by atoms with Crippen molar-refractivity contribution in [2.75, 3.05) is 14.7 Å². The Kier molecular flexibility index (Phi) is 13.6. The molecule has 0 radical (unpaired) electrons. The second-order valence-corrected chi connectivity index (χ2v) is 28.1. The van der Waals surface area contributed by atoms with Crippen LogP contribution in [0.2, 0.25) is 0 Å². The molecule has 3 nitrogen and oxygen atoms in total. The van der Waals surface area contributed by atoms with Gasteiger partial charge in [0.05, 0.1) is 11.4 Å². The van der Waals surface area contributed by atoms with Crippen LogP contribution in [0.3, 0.4) is 0 Å². The van der Waals surface area contributed by atoms with Crippen molar-refractivity contribution in [2.24, 2.45) is 0 Å². The molecule has 0 spiro atoms. The predicted octanol–water partition coefficient (Wildman–Crippen LogP) is 28.1. The molecule has 1 aliphatic rings. The van der Waals surface area contributed by atoms with Crippen LogP contribution in [0, 0.1) is 0 Å². The number of hydrogen-bond donors (Lipinski definition) is 0. The van der Waals surface area contributed by atoms with Gasteiger partial charge in [0.2, 0.25) is 0 Å². The lowest BCUT2D eigenvalue weighted by atomic mass is 9.81. The normalized spacial score (nSPS) is 12.5. The molecule has 19 aromatic rings. The van der Waals surface area contributed by atoms with E-state index in [9.17, 15) is 0 Å². The first-order valence-corrected chi connectivity index (χ1v) is 35.4. The van der Waals surface area contributed by atoms with Gasteiger partial charge in [0.25, 0.3) is 0 Å². The largest absolute Gasteiger partial charge is 0.310 e. The molecule has 0 saturated heterocycles. The molecule has 0 N–H and O–H groups in total. The summed E-state index contributed by atoms with van der Waals surface area (Å²) < 4.78 is 0. The molecule has 1 aliphatic carbocycles. The van der Waals surface area contributed by atoms with Gasteiger partial charge in [-0.05, 0) is 253 Å². The van der Waals surface area contributed by atoms with E-state index in [-0.39, 0.29) is 0 Å². The molecule has 0 aromatic heterocycles. The molecule has 0 saturated carbocycles. The summed E-state index contributed by atoms with van der Waals surface area (Å²) in [7, 11) is 0.